The lowest BCUT2D eigenvalue weighted by molar-refractivity contribution is 0.0715. The second kappa shape index (κ2) is 7.78. The monoisotopic (exact) mass is 427 g/mol. The summed E-state index contributed by atoms with van der Waals surface area (Å²) in [6.07, 6.45) is 0. The van der Waals surface area contributed by atoms with Gasteiger partial charge in [-0.05, 0) is 36.4 Å². The van der Waals surface area contributed by atoms with E-state index in [1.165, 1.54) is 12.1 Å². The fraction of sp³-hybridized carbons (Fsp3) is 0.190. The van der Waals surface area contributed by atoms with Gasteiger partial charge in [0.25, 0.3) is 5.91 Å². The van der Waals surface area contributed by atoms with Crippen molar-refractivity contribution in [1.82, 2.24) is 4.90 Å². The molecule has 1 aromatic heterocycles. The molecule has 0 aliphatic carbocycles. The molecular weight excluding hydrogens is 413 g/mol. The smallest absolute Gasteiger partial charge is 0.289 e. The highest BCUT2D eigenvalue weighted by Crippen LogP contribution is 2.28. The van der Waals surface area contributed by atoms with E-state index in [2.05, 4.69) is 11.0 Å². The van der Waals surface area contributed by atoms with E-state index in [1.807, 2.05) is 6.07 Å². The highest BCUT2D eigenvalue weighted by molar-refractivity contribution is 6.33. The maximum absolute atomic E-state index is 12.8. The summed E-state index contributed by atoms with van der Waals surface area (Å²) >= 11 is 12.2. The van der Waals surface area contributed by atoms with E-state index in [4.69, 9.17) is 32.9 Å². The molecule has 0 radical (unpaired) electrons. The van der Waals surface area contributed by atoms with Crippen molar-refractivity contribution in [2.24, 2.45) is 0 Å². The molecule has 4 rings (SSSR count). The van der Waals surface area contributed by atoms with Crippen LogP contribution in [0.4, 0.5) is 5.69 Å². The van der Waals surface area contributed by atoms with Crippen LogP contribution >= 0.6 is 23.2 Å². The van der Waals surface area contributed by atoms with Crippen LogP contribution in [-0.2, 0) is 0 Å². The molecule has 0 spiro atoms. The number of piperazine rings is 1. The molecule has 0 saturated carbocycles. The second-order valence-corrected chi connectivity index (χ2v) is 7.52. The fourth-order valence-corrected chi connectivity index (χ4v) is 3.85. The van der Waals surface area contributed by atoms with Gasteiger partial charge in [0, 0.05) is 37.3 Å². The quantitative estimate of drug-likeness (QED) is 0.618. The average molecular weight is 428 g/mol. The summed E-state index contributed by atoms with van der Waals surface area (Å²) in [5.41, 5.74) is 1.35. The van der Waals surface area contributed by atoms with Gasteiger partial charge in [-0.2, -0.15) is 5.26 Å². The predicted molar refractivity (Wildman–Crippen MR) is 112 cm³/mol. The van der Waals surface area contributed by atoms with Crippen molar-refractivity contribution >= 4 is 45.8 Å². The first-order valence-electron chi connectivity index (χ1n) is 8.93. The lowest BCUT2D eigenvalue weighted by Gasteiger charge is -2.36. The number of carbonyl (C=O) groups excluding carboxylic acids is 1. The van der Waals surface area contributed by atoms with Gasteiger partial charge < -0.3 is 14.2 Å². The molecule has 1 saturated heterocycles. The van der Waals surface area contributed by atoms with E-state index >= 15 is 0 Å². The fourth-order valence-electron chi connectivity index (χ4n) is 3.37. The van der Waals surface area contributed by atoms with Gasteiger partial charge in [0.05, 0.1) is 27.7 Å². The number of benzene rings is 2. The molecule has 1 aliphatic rings. The maximum atomic E-state index is 12.8. The third-order valence-corrected chi connectivity index (χ3v) is 5.42. The van der Waals surface area contributed by atoms with Crippen LogP contribution in [0.1, 0.15) is 16.1 Å². The number of carbonyl (C=O) groups is 1. The van der Waals surface area contributed by atoms with Crippen molar-refractivity contribution in [2.75, 3.05) is 31.1 Å². The number of rotatable bonds is 2. The van der Waals surface area contributed by atoms with Gasteiger partial charge in [-0.3, -0.25) is 9.59 Å². The standard InChI is InChI=1S/C21H15Cl2N3O3/c22-14-2-4-19-15(10-14)18(27)11-20(29-19)21(28)26-7-5-25(6-8-26)17-3-1-13(12-24)9-16(17)23/h1-4,9-11H,5-8H2. The lowest BCUT2D eigenvalue weighted by atomic mass is 10.2. The van der Waals surface area contributed by atoms with Gasteiger partial charge in [-0.15, -0.1) is 0 Å². The van der Waals surface area contributed by atoms with Crippen LogP contribution in [0.15, 0.2) is 51.7 Å². The van der Waals surface area contributed by atoms with E-state index in [9.17, 15) is 9.59 Å². The number of anilines is 1. The van der Waals surface area contributed by atoms with Crippen molar-refractivity contribution in [3.63, 3.8) is 0 Å². The van der Waals surface area contributed by atoms with Crippen LogP contribution in [0.5, 0.6) is 0 Å². The number of nitriles is 1. The second-order valence-electron chi connectivity index (χ2n) is 6.67. The van der Waals surface area contributed by atoms with Crippen LogP contribution in [0.2, 0.25) is 10.0 Å². The number of nitrogens with zero attached hydrogens (tertiary/aromatic N) is 3. The zero-order chi connectivity index (χ0) is 20.5. The molecule has 6 nitrogen and oxygen atoms in total. The SMILES string of the molecule is N#Cc1ccc(N2CCN(C(=O)c3cc(=O)c4cc(Cl)ccc4o3)CC2)c(Cl)c1. The number of hydrogen-bond donors (Lipinski definition) is 0. The zero-order valence-electron chi connectivity index (χ0n) is 15.2. The summed E-state index contributed by atoms with van der Waals surface area (Å²) in [6.45, 7) is 2.06. The molecule has 1 aliphatic heterocycles. The first kappa shape index (κ1) is 19.3. The highest BCUT2D eigenvalue weighted by atomic mass is 35.5. The Balaban J connectivity index is 1.51. The topological polar surface area (TPSA) is 77.5 Å². The lowest BCUT2D eigenvalue weighted by Crippen LogP contribution is -2.49. The Morgan fingerprint density at radius 2 is 1.79 bits per heavy atom. The average Bonchev–Trinajstić information content (AvgIpc) is 2.73. The Labute approximate surface area is 176 Å². The van der Waals surface area contributed by atoms with E-state index in [1.54, 1.807) is 29.2 Å². The highest BCUT2D eigenvalue weighted by Gasteiger charge is 2.25. The molecule has 0 unspecified atom stereocenters. The molecule has 2 aromatic carbocycles. The first-order chi connectivity index (χ1) is 14.0. The van der Waals surface area contributed by atoms with E-state index in [-0.39, 0.29) is 17.1 Å². The summed E-state index contributed by atoms with van der Waals surface area (Å²) in [5.74, 6) is -0.320. The van der Waals surface area contributed by atoms with Crippen LogP contribution in [-0.4, -0.2) is 37.0 Å². The van der Waals surface area contributed by atoms with Gasteiger partial charge >= 0.3 is 0 Å². The van der Waals surface area contributed by atoms with Crippen molar-refractivity contribution in [1.29, 1.82) is 5.26 Å². The maximum Gasteiger partial charge on any atom is 0.289 e. The summed E-state index contributed by atoms with van der Waals surface area (Å²) in [6, 6.07) is 13.2. The zero-order valence-corrected chi connectivity index (χ0v) is 16.7. The van der Waals surface area contributed by atoms with Crippen molar-refractivity contribution in [3.05, 3.63) is 74.1 Å². The van der Waals surface area contributed by atoms with Crippen LogP contribution in [0.3, 0.4) is 0 Å². The molecular formula is C21H15Cl2N3O3. The molecule has 0 bridgehead atoms. The van der Waals surface area contributed by atoms with E-state index in [0.29, 0.717) is 52.8 Å². The Morgan fingerprint density at radius 3 is 2.48 bits per heavy atom. The third kappa shape index (κ3) is 3.80. The Bertz CT molecular complexity index is 1210. The number of fused-ring (bicyclic) bond motifs is 1. The molecule has 2 heterocycles. The summed E-state index contributed by atoms with van der Waals surface area (Å²) in [7, 11) is 0. The normalized spacial score (nSPS) is 14.1. The first-order valence-corrected chi connectivity index (χ1v) is 9.69. The molecule has 3 aromatic rings. The summed E-state index contributed by atoms with van der Waals surface area (Å²) in [4.78, 5) is 28.9. The van der Waals surface area contributed by atoms with E-state index in [0.717, 1.165) is 5.69 Å². The third-order valence-electron chi connectivity index (χ3n) is 4.88. The van der Waals surface area contributed by atoms with Crippen LogP contribution < -0.4 is 10.3 Å². The summed E-state index contributed by atoms with van der Waals surface area (Å²) < 4.78 is 5.65. The van der Waals surface area contributed by atoms with Crippen LogP contribution in [0, 0.1) is 11.3 Å². The minimum Gasteiger partial charge on any atom is -0.451 e. The molecule has 0 N–H and O–H groups in total. The van der Waals surface area contributed by atoms with Gasteiger partial charge in [-0.25, -0.2) is 0 Å². The molecule has 0 atom stereocenters. The molecule has 1 amide bonds. The molecule has 1 fully saturated rings. The molecule has 8 heteroatoms. The van der Waals surface area contributed by atoms with Crippen LogP contribution in [0.25, 0.3) is 11.0 Å². The van der Waals surface area contributed by atoms with Gasteiger partial charge in [0.1, 0.15) is 5.58 Å². The van der Waals surface area contributed by atoms with E-state index < -0.39 is 0 Å². The largest absolute Gasteiger partial charge is 0.451 e. The van der Waals surface area contributed by atoms with Gasteiger partial charge in [-0.1, -0.05) is 23.2 Å². The minimum atomic E-state index is -0.329. The Morgan fingerprint density at radius 1 is 1.03 bits per heavy atom. The predicted octanol–water partition coefficient (Wildman–Crippen LogP) is 3.93. The number of halogens is 2. The van der Waals surface area contributed by atoms with Crippen molar-refractivity contribution in [3.8, 4) is 6.07 Å². The Kier molecular flexibility index (Phi) is 5.18. The van der Waals surface area contributed by atoms with Crippen molar-refractivity contribution in [2.45, 2.75) is 0 Å². The molecule has 146 valence electrons. The van der Waals surface area contributed by atoms with Gasteiger partial charge in [0.2, 0.25) is 0 Å². The van der Waals surface area contributed by atoms with Gasteiger partial charge in [0.15, 0.2) is 11.2 Å². The minimum absolute atomic E-state index is 0.00896. The number of amides is 1. The Hall–Kier alpha value is -3.01. The molecule has 29 heavy (non-hydrogen) atoms. The number of hydrogen-bond acceptors (Lipinski definition) is 5. The van der Waals surface area contributed by atoms with Crippen molar-refractivity contribution < 1.29 is 9.21 Å². The summed E-state index contributed by atoms with van der Waals surface area (Å²) in [5, 5.41) is 10.2.